The Bertz CT molecular complexity index is 1240. The molecule has 2 bridgehead atoms. The molecule has 3 atom stereocenters. The molecule has 1 unspecified atom stereocenters. The highest BCUT2D eigenvalue weighted by Crippen LogP contribution is 2.43. The minimum absolute atomic E-state index is 0.0230. The molecule has 3 fully saturated rings. The monoisotopic (exact) mass is 443 g/mol. The fraction of sp³-hybridized carbons (Fsp3) is 0.240. The number of imide groups is 1. The van der Waals surface area contributed by atoms with Crippen molar-refractivity contribution in [2.24, 2.45) is 0 Å². The summed E-state index contributed by atoms with van der Waals surface area (Å²) in [6.45, 7) is 0.498. The second-order valence-electron chi connectivity index (χ2n) is 8.41. The number of piperazine rings is 1. The van der Waals surface area contributed by atoms with Gasteiger partial charge in [0.15, 0.2) is 0 Å². The van der Waals surface area contributed by atoms with E-state index in [1.807, 2.05) is 77.7 Å². The van der Waals surface area contributed by atoms with Crippen LogP contribution in [0.15, 0.2) is 77.7 Å². The van der Waals surface area contributed by atoms with Gasteiger partial charge < -0.3 is 9.80 Å². The van der Waals surface area contributed by atoms with E-state index >= 15 is 0 Å². The van der Waals surface area contributed by atoms with Gasteiger partial charge in [0.2, 0.25) is 5.91 Å². The van der Waals surface area contributed by atoms with Gasteiger partial charge in [-0.1, -0.05) is 54.6 Å². The standard InChI is InChI=1S/C25H21N3O3S/c29-22(15-32-18-9-2-1-3-10-18)26-14-17-13-21(26)23-24(30)28(25(31)27(17)23)20-12-6-8-16-7-4-5-11-19(16)20/h1-12,17,21,23H,13-15H2/t17-,21?,23+/m1/s1. The Balaban J connectivity index is 1.25. The smallest absolute Gasteiger partial charge is 0.332 e. The summed E-state index contributed by atoms with van der Waals surface area (Å²) < 4.78 is 0. The number of fused-ring (bicyclic) bond motifs is 6. The Kier molecular flexibility index (Phi) is 4.47. The average Bonchev–Trinajstić information content (AvgIpc) is 3.49. The average molecular weight is 444 g/mol. The van der Waals surface area contributed by atoms with E-state index in [0.717, 1.165) is 15.7 Å². The first-order valence-corrected chi connectivity index (χ1v) is 11.7. The number of anilines is 1. The van der Waals surface area contributed by atoms with Crippen molar-refractivity contribution in [1.29, 1.82) is 0 Å². The third-order valence-electron chi connectivity index (χ3n) is 6.70. The lowest BCUT2D eigenvalue weighted by molar-refractivity contribution is -0.133. The predicted molar refractivity (Wildman–Crippen MR) is 124 cm³/mol. The normalized spacial score (nSPS) is 24.0. The Morgan fingerprint density at radius 3 is 2.53 bits per heavy atom. The summed E-state index contributed by atoms with van der Waals surface area (Å²) >= 11 is 1.50. The second kappa shape index (κ2) is 7.38. The summed E-state index contributed by atoms with van der Waals surface area (Å²) in [4.78, 5) is 45.7. The molecule has 3 aromatic rings. The van der Waals surface area contributed by atoms with Gasteiger partial charge in [-0.3, -0.25) is 9.59 Å². The lowest BCUT2D eigenvalue weighted by Crippen LogP contribution is -2.55. The van der Waals surface area contributed by atoms with E-state index in [1.54, 1.807) is 4.90 Å². The molecule has 3 aliphatic heterocycles. The first-order chi connectivity index (χ1) is 15.6. The first-order valence-electron chi connectivity index (χ1n) is 10.7. The zero-order valence-electron chi connectivity index (χ0n) is 17.3. The van der Waals surface area contributed by atoms with Crippen LogP contribution in [0.3, 0.4) is 0 Å². The number of nitrogens with zero attached hydrogens (tertiary/aromatic N) is 3. The molecule has 0 aliphatic carbocycles. The Morgan fingerprint density at radius 2 is 1.69 bits per heavy atom. The van der Waals surface area contributed by atoms with E-state index in [4.69, 9.17) is 0 Å². The SMILES string of the molecule is O=C1[C@@H]2C3C[C@H](CN3C(=O)CSc3ccccc3)N2C(=O)N1c1cccc2ccccc12. The quantitative estimate of drug-likeness (QED) is 0.455. The van der Waals surface area contributed by atoms with Crippen LogP contribution in [0.25, 0.3) is 10.8 Å². The van der Waals surface area contributed by atoms with E-state index in [-0.39, 0.29) is 29.9 Å². The largest absolute Gasteiger partial charge is 0.334 e. The third-order valence-corrected chi connectivity index (χ3v) is 7.69. The molecule has 0 aromatic heterocycles. The molecular weight excluding hydrogens is 422 g/mol. The first kappa shape index (κ1) is 19.4. The van der Waals surface area contributed by atoms with Crippen LogP contribution in [0.1, 0.15) is 6.42 Å². The Morgan fingerprint density at radius 1 is 0.938 bits per heavy atom. The molecule has 0 spiro atoms. The number of likely N-dealkylation sites (tertiary alicyclic amines) is 1. The topological polar surface area (TPSA) is 60.9 Å². The highest BCUT2D eigenvalue weighted by molar-refractivity contribution is 8.00. The fourth-order valence-electron chi connectivity index (χ4n) is 5.31. The maximum Gasteiger partial charge on any atom is 0.332 e. The van der Waals surface area contributed by atoms with Crippen LogP contribution in [-0.4, -0.2) is 58.1 Å². The lowest BCUT2D eigenvalue weighted by atomic mass is 10.1. The van der Waals surface area contributed by atoms with Gasteiger partial charge in [0, 0.05) is 16.8 Å². The van der Waals surface area contributed by atoms with Crippen molar-refractivity contribution in [2.45, 2.75) is 29.4 Å². The van der Waals surface area contributed by atoms with Gasteiger partial charge in [-0.2, -0.15) is 0 Å². The van der Waals surface area contributed by atoms with Crippen LogP contribution < -0.4 is 4.90 Å². The van der Waals surface area contributed by atoms with E-state index in [2.05, 4.69) is 0 Å². The number of thioether (sulfide) groups is 1. The molecule has 32 heavy (non-hydrogen) atoms. The summed E-state index contributed by atoms with van der Waals surface area (Å²) in [6.07, 6.45) is 0.674. The molecule has 0 saturated carbocycles. The van der Waals surface area contributed by atoms with Crippen molar-refractivity contribution in [2.75, 3.05) is 17.2 Å². The van der Waals surface area contributed by atoms with E-state index in [0.29, 0.717) is 24.4 Å². The van der Waals surface area contributed by atoms with Gasteiger partial charge in [-0.05, 0) is 30.0 Å². The molecule has 3 saturated heterocycles. The number of rotatable bonds is 4. The summed E-state index contributed by atoms with van der Waals surface area (Å²) in [6, 6.07) is 22.0. The zero-order chi connectivity index (χ0) is 21.8. The van der Waals surface area contributed by atoms with Crippen molar-refractivity contribution in [3.05, 3.63) is 72.8 Å². The Labute approximate surface area is 189 Å². The maximum atomic E-state index is 13.5. The van der Waals surface area contributed by atoms with E-state index in [9.17, 15) is 14.4 Å². The number of benzene rings is 3. The molecule has 6 rings (SSSR count). The summed E-state index contributed by atoms with van der Waals surface area (Å²) in [7, 11) is 0. The van der Waals surface area contributed by atoms with Crippen molar-refractivity contribution in [3.63, 3.8) is 0 Å². The van der Waals surface area contributed by atoms with Crippen LogP contribution >= 0.6 is 11.8 Å². The number of carbonyl (C=O) groups excluding carboxylic acids is 3. The summed E-state index contributed by atoms with van der Waals surface area (Å²) in [5.74, 6) is 0.122. The van der Waals surface area contributed by atoms with Gasteiger partial charge in [0.1, 0.15) is 6.04 Å². The lowest BCUT2D eigenvalue weighted by Gasteiger charge is -2.34. The molecule has 3 aliphatic rings. The Hall–Kier alpha value is -3.32. The third kappa shape index (κ3) is 2.84. The van der Waals surface area contributed by atoms with Crippen LogP contribution in [0, 0.1) is 0 Å². The van der Waals surface area contributed by atoms with Crippen LogP contribution in [0.2, 0.25) is 0 Å². The van der Waals surface area contributed by atoms with Crippen molar-refractivity contribution < 1.29 is 14.4 Å². The van der Waals surface area contributed by atoms with E-state index in [1.165, 1.54) is 16.7 Å². The number of amides is 4. The van der Waals surface area contributed by atoms with Crippen LogP contribution in [-0.2, 0) is 9.59 Å². The fourth-order valence-corrected chi connectivity index (χ4v) is 6.12. The predicted octanol–water partition coefficient (Wildman–Crippen LogP) is 3.75. The van der Waals surface area contributed by atoms with Gasteiger partial charge in [0.05, 0.1) is 23.5 Å². The molecular formula is C25H21N3O3S. The molecule has 4 amide bonds. The van der Waals surface area contributed by atoms with Gasteiger partial charge in [0.25, 0.3) is 5.91 Å². The van der Waals surface area contributed by atoms with Gasteiger partial charge in [-0.15, -0.1) is 11.8 Å². The highest BCUT2D eigenvalue weighted by atomic mass is 32.2. The molecule has 160 valence electrons. The number of carbonyl (C=O) groups is 3. The number of hydrogen-bond donors (Lipinski definition) is 0. The molecule has 7 heteroatoms. The minimum Gasteiger partial charge on any atom is -0.334 e. The van der Waals surface area contributed by atoms with Crippen LogP contribution in [0.4, 0.5) is 10.5 Å². The van der Waals surface area contributed by atoms with Crippen molar-refractivity contribution in [1.82, 2.24) is 9.80 Å². The van der Waals surface area contributed by atoms with E-state index < -0.39 is 6.04 Å². The second-order valence-corrected chi connectivity index (χ2v) is 9.46. The zero-order valence-corrected chi connectivity index (χ0v) is 18.1. The highest BCUT2D eigenvalue weighted by Gasteiger charge is 2.62. The van der Waals surface area contributed by atoms with Gasteiger partial charge in [-0.25, -0.2) is 9.69 Å². The molecule has 6 nitrogen and oxygen atoms in total. The van der Waals surface area contributed by atoms with Crippen molar-refractivity contribution >= 4 is 46.1 Å². The maximum absolute atomic E-state index is 13.5. The van der Waals surface area contributed by atoms with Crippen LogP contribution in [0.5, 0.6) is 0 Å². The minimum atomic E-state index is -0.592. The summed E-state index contributed by atoms with van der Waals surface area (Å²) in [5.41, 5.74) is 0.615. The molecule has 3 aromatic carbocycles. The molecule has 0 radical (unpaired) electrons. The molecule has 0 N–H and O–H groups in total. The summed E-state index contributed by atoms with van der Waals surface area (Å²) in [5, 5.41) is 1.85. The van der Waals surface area contributed by atoms with Crippen molar-refractivity contribution in [3.8, 4) is 0 Å². The molecule has 3 heterocycles. The number of urea groups is 1. The van der Waals surface area contributed by atoms with Gasteiger partial charge >= 0.3 is 6.03 Å². The number of hydrogen-bond acceptors (Lipinski definition) is 4.